The van der Waals surface area contributed by atoms with Crippen LogP contribution in [0.4, 0.5) is 0 Å². The average Bonchev–Trinajstić information content (AvgIpc) is 3.05. The number of hydrogen-bond acceptors (Lipinski definition) is 4. The van der Waals surface area contributed by atoms with E-state index >= 15 is 0 Å². The molecule has 20 heavy (non-hydrogen) atoms. The summed E-state index contributed by atoms with van der Waals surface area (Å²) < 4.78 is 4.11. The Hall–Kier alpha value is -1.66. The summed E-state index contributed by atoms with van der Waals surface area (Å²) in [4.78, 5) is 6.84. The Morgan fingerprint density at radius 1 is 1.40 bits per heavy atom. The standard InChI is InChI=1S/C14H22N6/c1-3-12-11(9-18(2)17-12)13(8-15)20-7-6-19-5-4-16-14(19)10-20/h4-5,9,13H,3,6-8,10,15H2,1-2H3. The van der Waals surface area contributed by atoms with E-state index in [4.69, 9.17) is 5.73 Å². The zero-order valence-electron chi connectivity index (χ0n) is 12.2. The molecule has 0 saturated heterocycles. The lowest BCUT2D eigenvalue weighted by Gasteiger charge is -2.34. The van der Waals surface area contributed by atoms with Gasteiger partial charge in [0.2, 0.25) is 0 Å². The fourth-order valence-electron chi connectivity index (χ4n) is 3.04. The first-order valence-electron chi connectivity index (χ1n) is 7.19. The number of imidazole rings is 1. The summed E-state index contributed by atoms with van der Waals surface area (Å²) in [7, 11) is 1.97. The van der Waals surface area contributed by atoms with E-state index in [1.165, 1.54) is 5.56 Å². The summed E-state index contributed by atoms with van der Waals surface area (Å²) >= 11 is 0. The monoisotopic (exact) mass is 274 g/mol. The molecule has 0 bridgehead atoms. The summed E-state index contributed by atoms with van der Waals surface area (Å²) in [6.45, 7) is 5.59. The van der Waals surface area contributed by atoms with E-state index in [0.29, 0.717) is 6.54 Å². The minimum absolute atomic E-state index is 0.226. The maximum Gasteiger partial charge on any atom is 0.122 e. The van der Waals surface area contributed by atoms with Gasteiger partial charge < -0.3 is 10.3 Å². The van der Waals surface area contributed by atoms with Crippen molar-refractivity contribution in [1.82, 2.24) is 24.2 Å². The minimum Gasteiger partial charge on any atom is -0.333 e. The molecule has 0 fully saturated rings. The van der Waals surface area contributed by atoms with E-state index in [1.807, 2.05) is 24.1 Å². The first kappa shape index (κ1) is 13.3. The molecule has 1 atom stereocenters. The number of aryl methyl sites for hydroxylation is 2. The molecule has 0 aromatic carbocycles. The maximum absolute atomic E-state index is 6.06. The Morgan fingerprint density at radius 3 is 3.00 bits per heavy atom. The van der Waals surface area contributed by atoms with E-state index in [1.54, 1.807) is 0 Å². The van der Waals surface area contributed by atoms with Crippen LogP contribution in [0.3, 0.4) is 0 Å². The SMILES string of the molecule is CCc1nn(C)cc1C(CN)N1CCn2ccnc2C1. The molecule has 0 spiro atoms. The van der Waals surface area contributed by atoms with Crippen molar-refractivity contribution in [3.63, 3.8) is 0 Å². The van der Waals surface area contributed by atoms with Crippen molar-refractivity contribution in [1.29, 1.82) is 0 Å². The Balaban J connectivity index is 1.87. The fourth-order valence-corrected chi connectivity index (χ4v) is 3.04. The van der Waals surface area contributed by atoms with Gasteiger partial charge in [-0.1, -0.05) is 6.92 Å². The van der Waals surface area contributed by atoms with E-state index in [0.717, 1.165) is 37.6 Å². The molecule has 6 heteroatoms. The maximum atomic E-state index is 6.06. The molecule has 0 saturated carbocycles. The second-order valence-electron chi connectivity index (χ2n) is 5.32. The van der Waals surface area contributed by atoms with Gasteiger partial charge >= 0.3 is 0 Å². The first-order valence-corrected chi connectivity index (χ1v) is 7.19. The van der Waals surface area contributed by atoms with Crippen LogP contribution in [0, 0.1) is 0 Å². The normalized spacial score (nSPS) is 17.1. The highest BCUT2D eigenvalue weighted by Crippen LogP contribution is 2.26. The van der Waals surface area contributed by atoms with Crippen LogP contribution in [0.15, 0.2) is 18.6 Å². The molecule has 3 rings (SSSR count). The molecule has 1 aliphatic rings. The zero-order valence-corrected chi connectivity index (χ0v) is 12.2. The van der Waals surface area contributed by atoms with Crippen LogP contribution in [0.1, 0.15) is 30.0 Å². The van der Waals surface area contributed by atoms with E-state index < -0.39 is 0 Å². The highest BCUT2D eigenvalue weighted by Gasteiger charge is 2.27. The van der Waals surface area contributed by atoms with Crippen molar-refractivity contribution in [2.24, 2.45) is 12.8 Å². The number of rotatable bonds is 4. The molecule has 3 heterocycles. The van der Waals surface area contributed by atoms with Crippen LogP contribution >= 0.6 is 0 Å². The van der Waals surface area contributed by atoms with Crippen LogP contribution in [-0.2, 0) is 26.6 Å². The summed E-state index contributed by atoms with van der Waals surface area (Å²) in [6, 6.07) is 0.226. The summed E-state index contributed by atoms with van der Waals surface area (Å²) in [5.74, 6) is 1.12. The molecular formula is C14H22N6. The van der Waals surface area contributed by atoms with Gasteiger partial charge in [0.05, 0.1) is 18.3 Å². The topological polar surface area (TPSA) is 64.9 Å². The second-order valence-corrected chi connectivity index (χ2v) is 5.32. The van der Waals surface area contributed by atoms with Crippen LogP contribution in [-0.4, -0.2) is 37.3 Å². The van der Waals surface area contributed by atoms with E-state index in [-0.39, 0.29) is 6.04 Å². The largest absolute Gasteiger partial charge is 0.333 e. The summed E-state index contributed by atoms with van der Waals surface area (Å²) in [5, 5.41) is 4.54. The first-order chi connectivity index (χ1) is 9.72. The van der Waals surface area contributed by atoms with Crippen LogP contribution in [0.5, 0.6) is 0 Å². The van der Waals surface area contributed by atoms with Crippen molar-refractivity contribution in [3.05, 3.63) is 35.7 Å². The molecule has 0 aliphatic carbocycles. The van der Waals surface area contributed by atoms with Gasteiger partial charge in [-0.2, -0.15) is 5.10 Å². The third kappa shape index (κ3) is 2.25. The van der Waals surface area contributed by atoms with Gasteiger partial charge in [-0.05, 0) is 6.42 Å². The number of hydrogen-bond donors (Lipinski definition) is 1. The third-order valence-corrected chi connectivity index (χ3v) is 4.07. The molecule has 2 N–H and O–H groups in total. The lowest BCUT2D eigenvalue weighted by molar-refractivity contribution is 0.155. The summed E-state index contributed by atoms with van der Waals surface area (Å²) in [5.41, 5.74) is 8.47. The van der Waals surface area contributed by atoms with Crippen molar-refractivity contribution in [3.8, 4) is 0 Å². The predicted molar refractivity (Wildman–Crippen MR) is 77.0 cm³/mol. The summed E-state index contributed by atoms with van der Waals surface area (Å²) in [6.07, 6.45) is 6.97. The van der Waals surface area contributed by atoms with Crippen molar-refractivity contribution >= 4 is 0 Å². The number of fused-ring (bicyclic) bond motifs is 1. The fraction of sp³-hybridized carbons (Fsp3) is 0.571. The third-order valence-electron chi connectivity index (χ3n) is 4.07. The molecule has 6 nitrogen and oxygen atoms in total. The van der Waals surface area contributed by atoms with Crippen LogP contribution < -0.4 is 5.73 Å². The second kappa shape index (κ2) is 5.38. The van der Waals surface area contributed by atoms with Crippen molar-refractivity contribution in [2.75, 3.05) is 13.1 Å². The van der Waals surface area contributed by atoms with Crippen molar-refractivity contribution in [2.45, 2.75) is 32.5 Å². The van der Waals surface area contributed by atoms with Gasteiger partial charge in [0.25, 0.3) is 0 Å². The Kier molecular flexibility index (Phi) is 3.58. The van der Waals surface area contributed by atoms with Crippen LogP contribution in [0.2, 0.25) is 0 Å². The molecule has 1 aliphatic heterocycles. The molecule has 1 unspecified atom stereocenters. The van der Waals surface area contributed by atoms with Crippen LogP contribution in [0.25, 0.3) is 0 Å². The van der Waals surface area contributed by atoms with Gasteiger partial charge in [-0.15, -0.1) is 0 Å². The van der Waals surface area contributed by atoms with E-state index in [2.05, 4.69) is 32.7 Å². The van der Waals surface area contributed by atoms with Gasteiger partial charge in [-0.3, -0.25) is 9.58 Å². The number of nitrogens with zero attached hydrogens (tertiary/aromatic N) is 5. The molecule has 2 aromatic rings. The van der Waals surface area contributed by atoms with Gasteiger partial charge in [0.15, 0.2) is 0 Å². The smallest absolute Gasteiger partial charge is 0.122 e. The Bertz CT molecular complexity index is 584. The predicted octanol–water partition coefficient (Wildman–Crippen LogP) is 0.695. The molecule has 0 radical (unpaired) electrons. The molecule has 2 aromatic heterocycles. The highest BCUT2D eigenvalue weighted by molar-refractivity contribution is 5.22. The number of aromatic nitrogens is 4. The van der Waals surface area contributed by atoms with Gasteiger partial charge in [0.1, 0.15) is 5.82 Å². The Morgan fingerprint density at radius 2 is 2.25 bits per heavy atom. The lowest BCUT2D eigenvalue weighted by Crippen LogP contribution is -2.39. The van der Waals surface area contributed by atoms with Gasteiger partial charge in [0, 0.05) is 50.8 Å². The molecular weight excluding hydrogens is 252 g/mol. The van der Waals surface area contributed by atoms with Gasteiger partial charge in [-0.25, -0.2) is 4.98 Å². The highest BCUT2D eigenvalue weighted by atomic mass is 15.3. The van der Waals surface area contributed by atoms with E-state index in [9.17, 15) is 0 Å². The minimum atomic E-state index is 0.226. The quantitative estimate of drug-likeness (QED) is 0.891. The molecule has 0 amide bonds. The molecule has 108 valence electrons. The number of nitrogens with two attached hydrogens (primary N) is 1. The average molecular weight is 274 g/mol. The lowest BCUT2D eigenvalue weighted by atomic mass is 10.0. The Labute approximate surface area is 119 Å². The van der Waals surface area contributed by atoms with Crippen molar-refractivity contribution < 1.29 is 0 Å². The zero-order chi connectivity index (χ0) is 14.1.